The smallest absolute Gasteiger partial charge is 0.416 e. The van der Waals surface area contributed by atoms with Gasteiger partial charge in [0.15, 0.2) is 0 Å². The summed E-state index contributed by atoms with van der Waals surface area (Å²) in [6, 6.07) is 10.6. The molecular formula is C19H18F3NO4. The second-order valence-electron chi connectivity index (χ2n) is 5.59. The number of carbonyl (C=O) groups is 2. The van der Waals surface area contributed by atoms with Crippen molar-refractivity contribution in [3.8, 4) is 11.5 Å². The molecule has 0 aromatic heterocycles. The first-order valence-electron chi connectivity index (χ1n) is 8.10. The van der Waals surface area contributed by atoms with Gasteiger partial charge in [0.05, 0.1) is 12.7 Å². The van der Waals surface area contributed by atoms with E-state index in [0.29, 0.717) is 6.42 Å². The van der Waals surface area contributed by atoms with Crippen LogP contribution in [0.3, 0.4) is 0 Å². The molecule has 0 atom stereocenters. The number of hydrogen-bond donors (Lipinski definition) is 1. The maximum absolute atomic E-state index is 12.8. The van der Waals surface area contributed by atoms with E-state index in [9.17, 15) is 22.8 Å². The summed E-state index contributed by atoms with van der Waals surface area (Å²) in [4.78, 5) is 23.1. The van der Waals surface area contributed by atoms with E-state index >= 15 is 0 Å². The number of carbonyl (C=O) groups excluding carboxylic acids is 2. The van der Waals surface area contributed by atoms with Crippen molar-refractivity contribution in [1.82, 2.24) is 5.32 Å². The molecule has 2 aromatic rings. The molecule has 1 amide bonds. The van der Waals surface area contributed by atoms with E-state index in [1.807, 2.05) is 0 Å². The lowest BCUT2D eigenvalue weighted by atomic mass is 10.2. The molecule has 0 unspecified atom stereocenters. The monoisotopic (exact) mass is 381 g/mol. The molecule has 8 heteroatoms. The van der Waals surface area contributed by atoms with Gasteiger partial charge in [0.25, 0.3) is 5.91 Å². The zero-order valence-electron chi connectivity index (χ0n) is 14.5. The predicted molar refractivity (Wildman–Crippen MR) is 91.5 cm³/mol. The highest BCUT2D eigenvalue weighted by atomic mass is 19.4. The van der Waals surface area contributed by atoms with Crippen molar-refractivity contribution in [3.63, 3.8) is 0 Å². The second-order valence-corrected chi connectivity index (χ2v) is 5.59. The van der Waals surface area contributed by atoms with Crippen LogP contribution in [0.5, 0.6) is 11.5 Å². The average molecular weight is 381 g/mol. The number of amides is 1. The van der Waals surface area contributed by atoms with Crippen molar-refractivity contribution < 1.29 is 32.2 Å². The van der Waals surface area contributed by atoms with Gasteiger partial charge in [-0.15, -0.1) is 0 Å². The summed E-state index contributed by atoms with van der Waals surface area (Å²) >= 11 is 0. The molecule has 0 spiro atoms. The van der Waals surface area contributed by atoms with Gasteiger partial charge < -0.3 is 14.8 Å². The normalized spacial score (nSPS) is 11.0. The minimum Gasteiger partial charge on any atom is -0.469 e. The first-order valence-corrected chi connectivity index (χ1v) is 8.10. The molecule has 0 radical (unpaired) electrons. The van der Waals surface area contributed by atoms with Gasteiger partial charge in [0.1, 0.15) is 11.5 Å². The summed E-state index contributed by atoms with van der Waals surface area (Å²) < 4.78 is 48.2. The Hall–Kier alpha value is -3.03. The molecule has 144 valence electrons. The number of methoxy groups -OCH3 is 1. The predicted octanol–water partition coefficient (Wildman–Crippen LogP) is 4.18. The number of nitrogens with one attached hydrogen (secondary N) is 1. The van der Waals surface area contributed by atoms with Crippen LogP contribution in [0.15, 0.2) is 48.5 Å². The van der Waals surface area contributed by atoms with Crippen molar-refractivity contribution in [2.75, 3.05) is 13.7 Å². The van der Waals surface area contributed by atoms with Crippen molar-refractivity contribution >= 4 is 11.9 Å². The minimum atomic E-state index is -4.47. The van der Waals surface area contributed by atoms with Gasteiger partial charge >= 0.3 is 12.1 Å². The topological polar surface area (TPSA) is 64.6 Å². The van der Waals surface area contributed by atoms with Gasteiger partial charge in [-0.05, 0) is 42.8 Å². The van der Waals surface area contributed by atoms with Crippen LogP contribution in [0.2, 0.25) is 0 Å². The third-order valence-corrected chi connectivity index (χ3v) is 3.56. The Kier molecular flexibility index (Phi) is 6.81. The summed E-state index contributed by atoms with van der Waals surface area (Å²) in [5, 5.41) is 2.65. The molecule has 0 saturated carbocycles. The summed E-state index contributed by atoms with van der Waals surface area (Å²) in [5.74, 6) is -0.493. The van der Waals surface area contributed by atoms with Crippen molar-refractivity contribution in [1.29, 1.82) is 0 Å². The molecular weight excluding hydrogens is 363 g/mol. The Morgan fingerprint density at radius 1 is 1.04 bits per heavy atom. The fourth-order valence-corrected chi connectivity index (χ4v) is 2.21. The number of halogens is 3. The molecule has 0 fully saturated rings. The van der Waals surface area contributed by atoms with Gasteiger partial charge in [0.2, 0.25) is 0 Å². The van der Waals surface area contributed by atoms with Crippen molar-refractivity contribution in [3.05, 3.63) is 59.7 Å². The van der Waals surface area contributed by atoms with Gasteiger partial charge in [-0.3, -0.25) is 9.59 Å². The highest BCUT2D eigenvalue weighted by Gasteiger charge is 2.30. The number of benzene rings is 2. The fourth-order valence-electron chi connectivity index (χ4n) is 2.21. The summed E-state index contributed by atoms with van der Waals surface area (Å²) in [6.07, 6.45) is -3.85. The van der Waals surface area contributed by atoms with E-state index in [4.69, 9.17) is 4.74 Å². The molecule has 0 aliphatic heterocycles. The lowest BCUT2D eigenvalue weighted by Crippen LogP contribution is -2.24. The summed E-state index contributed by atoms with van der Waals surface area (Å²) in [6.45, 7) is 0.284. The van der Waals surface area contributed by atoms with E-state index in [-0.39, 0.29) is 41.9 Å². The number of ether oxygens (including phenoxy) is 2. The first kappa shape index (κ1) is 20.3. The van der Waals surface area contributed by atoms with Crippen molar-refractivity contribution in [2.24, 2.45) is 0 Å². The molecule has 0 aliphatic carbocycles. The van der Waals surface area contributed by atoms with E-state index < -0.39 is 11.7 Å². The van der Waals surface area contributed by atoms with Crippen LogP contribution in [0.1, 0.15) is 28.8 Å². The van der Waals surface area contributed by atoms with Gasteiger partial charge in [-0.1, -0.05) is 12.1 Å². The second kappa shape index (κ2) is 9.07. The molecule has 0 saturated heterocycles. The quantitative estimate of drug-likeness (QED) is 0.577. The lowest BCUT2D eigenvalue weighted by Gasteiger charge is -2.11. The maximum atomic E-state index is 12.8. The molecule has 1 N–H and O–H groups in total. The number of esters is 1. The largest absolute Gasteiger partial charge is 0.469 e. The van der Waals surface area contributed by atoms with Crippen molar-refractivity contribution in [2.45, 2.75) is 19.0 Å². The first-order chi connectivity index (χ1) is 12.8. The Morgan fingerprint density at radius 2 is 1.70 bits per heavy atom. The summed E-state index contributed by atoms with van der Waals surface area (Å²) in [7, 11) is 1.29. The number of alkyl halides is 3. The molecule has 5 nitrogen and oxygen atoms in total. The Morgan fingerprint density at radius 3 is 2.37 bits per heavy atom. The van der Waals surface area contributed by atoms with Crippen LogP contribution in [-0.2, 0) is 15.7 Å². The van der Waals surface area contributed by atoms with E-state index in [0.717, 1.165) is 12.1 Å². The minimum absolute atomic E-state index is 0.0143. The Labute approximate surface area is 154 Å². The third-order valence-electron chi connectivity index (χ3n) is 3.56. The Bertz CT molecular complexity index is 806. The molecule has 0 heterocycles. The standard InChI is InChI=1S/C19H18F3NO4/c1-26-17(24)9-4-10-23-18(25)13-5-2-7-15(11-13)27-16-8-3-6-14(12-16)19(20,21)22/h2-3,5-8,11-12H,4,9-10H2,1H3,(H,23,25). The lowest BCUT2D eigenvalue weighted by molar-refractivity contribution is -0.140. The third kappa shape index (κ3) is 6.32. The highest BCUT2D eigenvalue weighted by molar-refractivity contribution is 5.94. The zero-order chi connectivity index (χ0) is 19.9. The highest BCUT2D eigenvalue weighted by Crippen LogP contribution is 2.32. The fraction of sp³-hybridized carbons (Fsp3) is 0.263. The van der Waals surface area contributed by atoms with Crippen LogP contribution >= 0.6 is 0 Å². The van der Waals surface area contributed by atoms with Crippen LogP contribution in [-0.4, -0.2) is 25.5 Å². The van der Waals surface area contributed by atoms with Crippen LogP contribution in [0.4, 0.5) is 13.2 Å². The number of rotatable bonds is 7. The van der Waals surface area contributed by atoms with Crippen LogP contribution < -0.4 is 10.1 Å². The molecule has 2 rings (SSSR count). The van der Waals surface area contributed by atoms with E-state index in [2.05, 4.69) is 10.1 Å². The summed E-state index contributed by atoms with van der Waals surface area (Å²) in [5.41, 5.74) is -0.531. The average Bonchev–Trinajstić information content (AvgIpc) is 2.64. The Balaban J connectivity index is 1.99. The number of hydrogen-bond acceptors (Lipinski definition) is 4. The molecule has 27 heavy (non-hydrogen) atoms. The van der Waals surface area contributed by atoms with Crippen LogP contribution in [0.25, 0.3) is 0 Å². The van der Waals surface area contributed by atoms with Gasteiger partial charge in [-0.25, -0.2) is 0 Å². The molecule has 2 aromatic carbocycles. The SMILES string of the molecule is COC(=O)CCCNC(=O)c1cccc(Oc2cccc(C(F)(F)F)c2)c1. The van der Waals surface area contributed by atoms with E-state index in [1.165, 1.54) is 31.4 Å². The van der Waals surface area contributed by atoms with E-state index in [1.54, 1.807) is 12.1 Å². The molecule has 0 bridgehead atoms. The molecule has 0 aliphatic rings. The van der Waals surface area contributed by atoms with Gasteiger partial charge in [-0.2, -0.15) is 13.2 Å². The zero-order valence-corrected chi connectivity index (χ0v) is 14.5. The van der Waals surface area contributed by atoms with Gasteiger partial charge in [0, 0.05) is 18.5 Å². The van der Waals surface area contributed by atoms with Crippen LogP contribution in [0, 0.1) is 0 Å². The maximum Gasteiger partial charge on any atom is 0.416 e.